The molecule has 0 aliphatic carbocycles. The summed E-state index contributed by atoms with van der Waals surface area (Å²) in [6.07, 6.45) is 1.50. The standard InChI is InChI=1S/C21H23N5O6S/c1-12(14-9-16(30-3)19(32-5)17(10-14)31-4)23-20(27)13-6-7-18(15(8-13)26(28)29)33-21-24-22-11-25(21)2/h6-12H,1-5H3,(H,23,27). The average Bonchev–Trinajstić information content (AvgIpc) is 3.21. The van der Waals surface area contributed by atoms with Gasteiger partial charge in [0.2, 0.25) is 5.75 Å². The zero-order valence-electron chi connectivity index (χ0n) is 18.7. The highest BCUT2D eigenvalue weighted by molar-refractivity contribution is 7.99. The maximum atomic E-state index is 12.9. The second-order valence-corrected chi connectivity index (χ2v) is 7.93. The van der Waals surface area contributed by atoms with Crippen molar-refractivity contribution in [2.24, 2.45) is 7.05 Å². The maximum Gasteiger partial charge on any atom is 0.284 e. The summed E-state index contributed by atoms with van der Waals surface area (Å²) in [7, 11) is 6.25. The summed E-state index contributed by atoms with van der Waals surface area (Å²) in [5.74, 6) is 0.881. The van der Waals surface area contributed by atoms with Crippen LogP contribution in [0.2, 0.25) is 0 Å². The molecule has 1 N–H and O–H groups in total. The highest BCUT2D eigenvalue weighted by Gasteiger charge is 2.22. The van der Waals surface area contributed by atoms with Crippen molar-refractivity contribution in [3.8, 4) is 17.2 Å². The van der Waals surface area contributed by atoms with Gasteiger partial charge in [-0.15, -0.1) is 10.2 Å². The lowest BCUT2D eigenvalue weighted by molar-refractivity contribution is -0.387. The van der Waals surface area contributed by atoms with Crippen LogP contribution in [0.4, 0.5) is 5.69 Å². The van der Waals surface area contributed by atoms with Gasteiger partial charge in [0.05, 0.1) is 37.2 Å². The molecule has 0 spiro atoms. The monoisotopic (exact) mass is 473 g/mol. The van der Waals surface area contributed by atoms with Crippen molar-refractivity contribution in [3.05, 3.63) is 57.9 Å². The van der Waals surface area contributed by atoms with Crippen LogP contribution in [0.5, 0.6) is 17.2 Å². The van der Waals surface area contributed by atoms with Gasteiger partial charge < -0.3 is 24.1 Å². The predicted octanol–water partition coefficient (Wildman–Crippen LogP) is 3.39. The minimum absolute atomic E-state index is 0.156. The highest BCUT2D eigenvalue weighted by Crippen LogP contribution is 2.40. The van der Waals surface area contributed by atoms with Crippen LogP contribution in [-0.2, 0) is 7.05 Å². The van der Waals surface area contributed by atoms with Crippen LogP contribution in [0, 0.1) is 10.1 Å². The summed E-state index contributed by atoms with van der Waals surface area (Å²) in [6.45, 7) is 1.78. The van der Waals surface area contributed by atoms with Gasteiger partial charge in [-0.2, -0.15) is 0 Å². The summed E-state index contributed by atoms with van der Waals surface area (Å²) in [6, 6.07) is 7.32. The fourth-order valence-electron chi connectivity index (χ4n) is 3.07. The number of nitrogens with one attached hydrogen (secondary N) is 1. The average molecular weight is 474 g/mol. The summed E-state index contributed by atoms with van der Waals surface area (Å²) in [4.78, 5) is 24.3. The molecule has 0 bridgehead atoms. The molecule has 0 saturated heterocycles. The lowest BCUT2D eigenvalue weighted by atomic mass is 10.1. The van der Waals surface area contributed by atoms with Gasteiger partial charge in [0, 0.05) is 18.7 Å². The fourth-order valence-corrected chi connectivity index (χ4v) is 3.92. The van der Waals surface area contributed by atoms with E-state index in [9.17, 15) is 14.9 Å². The SMILES string of the molecule is COc1cc(C(C)NC(=O)c2ccc(Sc3nncn3C)c([N+](=O)[O-])c2)cc(OC)c1OC. The van der Waals surface area contributed by atoms with Crippen LogP contribution < -0.4 is 19.5 Å². The van der Waals surface area contributed by atoms with Gasteiger partial charge in [-0.1, -0.05) is 0 Å². The molecular formula is C21H23N5O6S. The minimum atomic E-state index is -0.530. The normalized spacial score (nSPS) is 11.5. The number of benzene rings is 2. The van der Waals surface area contributed by atoms with E-state index in [2.05, 4.69) is 15.5 Å². The summed E-state index contributed by atoms with van der Waals surface area (Å²) in [5.41, 5.74) is 0.668. The smallest absolute Gasteiger partial charge is 0.284 e. The molecule has 174 valence electrons. The molecule has 12 heteroatoms. The lowest BCUT2D eigenvalue weighted by Gasteiger charge is -2.19. The van der Waals surface area contributed by atoms with Crippen LogP contribution >= 0.6 is 11.8 Å². The van der Waals surface area contributed by atoms with Gasteiger partial charge in [0.1, 0.15) is 6.33 Å². The van der Waals surface area contributed by atoms with E-state index < -0.39 is 16.9 Å². The second-order valence-electron chi connectivity index (χ2n) is 6.92. The molecule has 1 amide bonds. The van der Waals surface area contributed by atoms with E-state index in [-0.39, 0.29) is 11.3 Å². The molecule has 0 aliphatic heterocycles. The van der Waals surface area contributed by atoms with E-state index in [1.54, 1.807) is 30.7 Å². The Morgan fingerprint density at radius 1 is 1.15 bits per heavy atom. The Morgan fingerprint density at radius 3 is 2.33 bits per heavy atom. The van der Waals surface area contributed by atoms with Crippen molar-refractivity contribution in [1.29, 1.82) is 0 Å². The van der Waals surface area contributed by atoms with Gasteiger partial charge >= 0.3 is 0 Å². The summed E-state index contributed by atoms with van der Waals surface area (Å²) in [5, 5.41) is 22.7. The molecule has 0 saturated carbocycles. The Bertz CT molecular complexity index is 1160. The number of amides is 1. The first-order valence-corrected chi connectivity index (χ1v) is 10.5. The second kappa shape index (κ2) is 10.2. The van der Waals surface area contributed by atoms with Crippen molar-refractivity contribution in [2.45, 2.75) is 23.0 Å². The third kappa shape index (κ3) is 5.17. The van der Waals surface area contributed by atoms with Gasteiger partial charge in [0.15, 0.2) is 16.7 Å². The molecule has 0 radical (unpaired) electrons. The first-order chi connectivity index (χ1) is 15.8. The Kier molecular flexibility index (Phi) is 7.38. The van der Waals surface area contributed by atoms with Crippen LogP contribution in [0.15, 0.2) is 46.7 Å². The molecule has 3 rings (SSSR count). The van der Waals surface area contributed by atoms with E-state index in [1.807, 2.05) is 0 Å². The number of ether oxygens (including phenoxy) is 3. The molecular weight excluding hydrogens is 450 g/mol. The minimum Gasteiger partial charge on any atom is -0.493 e. The predicted molar refractivity (Wildman–Crippen MR) is 120 cm³/mol. The van der Waals surface area contributed by atoms with Gasteiger partial charge in [-0.05, 0) is 48.5 Å². The van der Waals surface area contributed by atoms with Crippen molar-refractivity contribution < 1.29 is 23.9 Å². The maximum absolute atomic E-state index is 12.9. The van der Waals surface area contributed by atoms with Gasteiger partial charge in [-0.3, -0.25) is 14.9 Å². The number of carbonyl (C=O) groups is 1. The highest BCUT2D eigenvalue weighted by atomic mass is 32.2. The number of methoxy groups -OCH3 is 3. The van der Waals surface area contributed by atoms with E-state index in [0.717, 1.165) is 11.8 Å². The largest absolute Gasteiger partial charge is 0.493 e. The number of hydrogen-bond acceptors (Lipinski definition) is 9. The van der Waals surface area contributed by atoms with Gasteiger partial charge in [0.25, 0.3) is 11.6 Å². The molecule has 11 nitrogen and oxygen atoms in total. The number of nitro groups is 1. The zero-order chi connectivity index (χ0) is 24.1. The Morgan fingerprint density at radius 2 is 1.82 bits per heavy atom. The topological polar surface area (TPSA) is 131 Å². The molecule has 1 aromatic heterocycles. The fraction of sp³-hybridized carbons (Fsp3) is 0.286. The van der Waals surface area contributed by atoms with E-state index in [4.69, 9.17) is 14.2 Å². The Hall–Kier alpha value is -3.80. The van der Waals surface area contributed by atoms with Gasteiger partial charge in [-0.25, -0.2) is 0 Å². The van der Waals surface area contributed by atoms with Crippen molar-refractivity contribution in [2.75, 3.05) is 21.3 Å². The van der Waals surface area contributed by atoms with Crippen LogP contribution in [0.3, 0.4) is 0 Å². The lowest BCUT2D eigenvalue weighted by Crippen LogP contribution is -2.26. The molecule has 0 fully saturated rings. The number of aromatic nitrogens is 3. The third-order valence-corrected chi connectivity index (χ3v) is 5.94. The Balaban J connectivity index is 1.84. The summed E-state index contributed by atoms with van der Waals surface area (Å²) < 4.78 is 17.7. The molecule has 0 aliphatic rings. The quantitative estimate of drug-likeness (QED) is 0.367. The first-order valence-electron chi connectivity index (χ1n) is 9.70. The van der Waals surface area contributed by atoms with Crippen molar-refractivity contribution >= 4 is 23.4 Å². The van der Waals surface area contributed by atoms with Crippen LogP contribution in [0.25, 0.3) is 0 Å². The number of rotatable bonds is 9. The van der Waals surface area contributed by atoms with E-state index >= 15 is 0 Å². The van der Waals surface area contributed by atoms with Crippen LogP contribution in [0.1, 0.15) is 28.9 Å². The summed E-state index contributed by atoms with van der Waals surface area (Å²) >= 11 is 1.09. The number of carbonyl (C=O) groups excluding carboxylic acids is 1. The zero-order valence-corrected chi connectivity index (χ0v) is 19.5. The van der Waals surface area contributed by atoms with E-state index in [1.165, 1.54) is 45.9 Å². The number of hydrogen-bond donors (Lipinski definition) is 1. The third-order valence-electron chi connectivity index (χ3n) is 4.82. The number of aryl methyl sites for hydroxylation is 1. The Labute approximate surface area is 194 Å². The molecule has 3 aromatic rings. The first kappa shape index (κ1) is 23.9. The molecule has 1 heterocycles. The molecule has 2 aromatic carbocycles. The number of nitrogens with zero attached hydrogens (tertiary/aromatic N) is 4. The van der Waals surface area contributed by atoms with Crippen molar-refractivity contribution in [1.82, 2.24) is 20.1 Å². The van der Waals surface area contributed by atoms with Crippen LogP contribution in [-0.4, -0.2) is 46.9 Å². The molecule has 1 atom stereocenters. The van der Waals surface area contributed by atoms with Crippen molar-refractivity contribution in [3.63, 3.8) is 0 Å². The number of nitro benzene ring substituents is 1. The van der Waals surface area contributed by atoms with E-state index in [0.29, 0.717) is 32.9 Å². The molecule has 33 heavy (non-hydrogen) atoms. The molecule has 1 unspecified atom stereocenters.